The predicted molar refractivity (Wildman–Crippen MR) is 81.7 cm³/mol. The predicted octanol–water partition coefficient (Wildman–Crippen LogP) is 2.44. The van der Waals surface area contributed by atoms with Gasteiger partial charge in [0.05, 0.1) is 23.3 Å². The highest BCUT2D eigenvalue weighted by Gasteiger charge is 2.15. The summed E-state index contributed by atoms with van der Waals surface area (Å²) in [6.07, 6.45) is 4.96. The molecule has 1 fully saturated rings. The van der Waals surface area contributed by atoms with Crippen molar-refractivity contribution in [3.63, 3.8) is 0 Å². The van der Waals surface area contributed by atoms with Gasteiger partial charge in [0.2, 0.25) is 5.91 Å². The average Bonchev–Trinajstić information content (AvgIpc) is 3.11. The summed E-state index contributed by atoms with van der Waals surface area (Å²) in [5.41, 5.74) is 1.01. The van der Waals surface area contributed by atoms with Gasteiger partial charge in [-0.3, -0.25) is 4.79 Å². The summed E-state index contributed by atoms with van der Waals surface area (Å²) in [7, 11) is 0. The van der Waals surface area contributed by atoms with Gasteiger partial charge in [-0.25, -0.2) is 4.98 Å². The number of hydrogen-bond donors (Lipinski definition) is 2. The van der Waals surface area contributed by atoms with E-state index >= 15 is 0 Å². The van der Waals surface area contributed by atoms with Crippen LogP contribution >= 0.6 is 11.3 Å². The van der Waals surface area contributed by atoms with Crippen molar-refractivity contribution < 1.29 is 4.79 Å². The molecule has 1 aliphatic rings. The maximum atomic E-state index is 11.8. The molecule has 20 heavy (non-hydrogen) atoms. The molecule has 4 nitrogen and oxygen atoms in total. The molecule has 0 atom stereocenters. The quantitative estimate of drug-likeness (QED) is 0.889. The summed E-state index contributed by atoms with van der Waals surface area (Å²) in [4.78, 5) is 16.3. The lowest BCUT2D eigenvalue weighted by molar-refractivity contribution is -0.120. The van der Waals surface area contributed by atoms with Crippen LogP contribution in [0.5, 0.6) is 0 Å². The normalized spacial score (nSPS) is 15.8. The zero-order chi connectivity index (χ0) is 13.8. The van der Waals surface area contributed by atoms with Crippen LogP contribution in [0.3, 0.4) is 0 Å². The summed E-state index contributed by atoms with van der Waals surface area (Å²) >= 11 is 1.64. The molecular weight excluding hydrogens is 270 g/mol. The third-order valence-electron chi connectivity index (χ3n) is 3.68. The molecular formula is C15H19N3OS. The van der Waals surface area contributed by atoms with E-state index in [0.717, 1.165) is 10.5 Å². The molecule has 2 aromatic rings. The first-order valence-corrected chi connectivity index (χ1v) is 7.97. The first-order valence-electron chi connectivity index (χ1n) is 7.16. The Morgan fingerprint density at radius 1 is 1.30 bits per heavy atom. The number of hydrogen-bond acceptors (Lipinski definition) is 4. The van der Waals surface area contributed by atoms with Crippen molar-refractivity contribution in [2.24, 2.45) is 0 Å². The lowest BCUT2D eigenvalue weighted by Gasteiger charge is -2.11. The Hall–Kier alpha value is -1.46. The molecule has 0 aliphatic heterocycles. The van der Waals surface area contributed by atoms with Crippen LogP contribution in [-0.2, 0) is 11.3 Å². The van der Waals surface area contributed by atoms with Gasteiger partial charge in [-0.2, -0.15) is 0 Å². The highest BCUT2D eigenvalue weighted by atomic mass is 32.1. The summed E-state index contributed by atoms with van der Waals surface area (Å²) in [5, 5.41) is 7.20. The van der Waals surface area contributed by atoms with E-state index in [4.69, 9.17) is 0 Å². The molecule has 2 N–H and O–H groups in total. The van der Waals surface area contributed by atoms with Crippen LogP contribution in [0.15, 0.2) is 24.3 Å². The maximum Gasteiger partial charge on any atom is 0.234 e. The van der Waals surface area contributed by atoms with Gasteiger partial charge >= 0.3 is 0 Å². The summed E-state index contributed by atoms with van der Waals surface area (Å²) in [6, 6.07) is 8.58. The zero-order valence-corrected chi connectivity index (χ0v) is 12.2. The van der Waals surface area contributed by atoms with Gasteiger partial charge in [-0.1, -0.05) is 25.0 Å². The van der Waals surface area contributed by atoms with Crippen molar-refractivity contribution in [3.8, 4) is 0 Å². The molecule has 1 aromatic carbocycles. The molecule has 1 aromatic heterocycles. The van der Waals surface area contributed by atoms with Crippen LogP contribution in [0.2, 0.25) is 0 Å². The Labute approximate surface area is 122 Å². The largest absolute Gasteiger partial charge is 0.348 e. The van der Waals surface area contributed by atoms with E-state index < -0.39 is 0 Å². The lowest BCUT2D eigenvalue weighted by atomic mass is 10.2. The van der Waals surface area contributed by atoms with Crippen LogP contribution in [-0.4, -0.2) is 23.5 Å². The van der Waals surface area contributed by atoms with Crippen molar-refractivity contribution >= 4 is 27.5 Å². The van der Waals surface area contributed by atoms with Crippen LogP contribution in [0.4, 0.5) is 0 Å². The Kier molecular flexibility index (Phi) is 4.28. The minimum absolute atomic E-state index is 0.0520. The number of amides is 1. The Balaban J connectivity index is 1.47. The zero-order valence-electron chi connectivity index (χ0n) is 11.4. The number of para-hydroxylation sites is 1. The Morgan fingerprint density at radius 2 is 2.10 bits per heavy atom. The number of carbonyl (C=O) groups excluding carboxylic acids is 1. The molecule has 0 unspecified atom stereocenters. The van der Waals surface area contributed by atoms with Gasteiger partial charge in [-0.05, 0) is 25.0 Å². The molecule has 0 bridgehead atoms. The molecule has 0 saturated heterocycles. The number of nitrogens with zero attached hydrogens (tertiary/aromatic N) is 1. The van der Waals surface area contributed by atoms with Gasteiger partial charge in [0.15, 0.2) is 0 Å². The molecule has 106 valence electrons. The minimum Gasteiger partial charge on any atom is -0.348 e. The number of nitrogens with one attached hydrogen (secondary N) is 2. The first kappa shape index (κ1) is 13.5. The van der Waals surface area contributed by atoms with Crippen LogP contribution in [0, 0.1) is 0 Å². The number of fused-ring (bicyclic) bond motifs is 1. The fourth-order valence-corrected chi connectivity index (χ4v) is 3.51. The number of rotatable bonds is 5. The van der Waals surface area contributed by atoms with Crippen molar-refractivity contribution in [2.75, 3.05) is 6.54 Å². The highest BCUT2D eigenvalue weighted by molar-refractivity contribution is 7.18. The number of benzene rings is 1. The van der Waals surface area contributed by atoms with Gasteiger partial charge in [0.1, 0.15) is 5.01 Å². The molecule has 1 aliphatic carbocycles. The van der Waals surface area contributed by atoms with E-state index in [2.05, 4.69) is 21.7 Å². The second-order valence-corrected chi connectivity index (χ2v) is 6.33. The second kappa shape index (κ2) is 6.33. The molecule has 0 spiro atoms. The minimum atomic E-state index is 0.0520. The van der Waals surface area contributed by atoms with E-state index in [-0.39, 0.29) is 5.91 Å². The SMILES string of the molecule is O=C(CNC1CCCC1)NCc1nc2ccccc2s1. The molecule has 1 heterocycles. The van der Waals surface area contributed by atoms with Crippen LogP contribution in [0.25, 0.3) is 10.2 Å². The van der Waals surface area contributed by atoms with Crippen molar-refractivity contribution in [2.45, 2.75) is 38.3 Å². The molecule has 0 radical (unpaired) electrons. The molecule has 1 saturated carbocycles. The van der Waals surface area contributed by atoms with Gasteiger partial charge in [0, 0.05) is 6.04 Å². The van der Waals surface area contributed by atoms with E-state index in [0.29, 0.717) is 19.1 Å². The monoisotopic (exact) mass is 289 g/mol. The second-order valence-electron chi connectivity index (χ2n) is 5.21. The standard InChI is InChI=1S/C15H19N3OS/c19-14(9-16-11-5-1-2-6-11)17-10-15-18-12-7-3-4-8-13(12)20-15/h3-4,7-8,11,16H,1-2,5-6,9-10H2,(H,17,19). The number of carbonyl (C=O) groups is 1. The fraction of sp³-hybridized carbons (Fsp3) is 0.467. The van der Waals surface area contributed by atoms with E-state index in [9.17, 15) is 4.79 Å². The van der Waals surface area contributed by atoms with Gasteiger partial charge < -0.3 is 10.6 Å². The number of thiazole rings is 1. The summed E-state index contributed by atoms with van der Waals surface area (Å²) in [5.74, 6) is 0.0520. The van der Waals surface area contributed by atoms with E-state index in [1.54, 1.807) is 11.3 Å². The van der Waals surface area contributed by atoms with Gasteiger partial charge in [0.25, 0.3) is 0 Å². The van der Waals surface area contributed by atoms with Crippen LogP contribution in [0.1, 0.15) is 30.7 Å². The fourth-order valence-electron chi connectivity index (χ4n) is 2.60. The van der Waals surface area contributed by atoms with Gasteiger partial charge in [-0.15, -0.1) is 11.3 Å². The third-order valence-corrected chi connectivity index (χ3v) is 4.72. The summed E-state index contributed by atoms with van der Waals surface area (Å²) < 4.78 is 1.17. The van der Waals surface area contributed by atoms with E-state index in [1.807, 2.05) is 18.2 Å². The molecule has 1 amide bonds. The smallest absolute Gasteiger partial charge is 0.234 e. The van der Waals surface area contributed by atoms with Crippen molar-refractivity contribution in [1.29, 1.82) is 0 Å². The van der Waals surface area contributed by atoms with Crippen molar-refractivity contribution in [3.05, 3.63) is 29.3 Å². The molecule has 3 rings (SSSR count). The maximum absolute atomic E-state index is 11.8. The van der Waals surface area contributed by atoms with E-state index in [1.165, 1.54) is 30.4 Å². The Bertz CT molecular complexity index is 557. The first-order chi connectivity index (χ1) is 9.81. The summed E-state index contributed by atoms with van der Waals surface area (Å²) in [6.45, 7) is 0.931. The topological polar surface area (TPSA) is 54.0 Å². The van der Waals surface area contributed by atoms with Crippen LogP contribution < -0.4 is 10.6 Å². The Morgan fingerprint density at radius 3 is 2.90 bits per heavy atom. The number of aromatic nitrogens is 1. The third kappa shape index (κ3) is 3.35. The van der Waals surface area contributed by atoms with Crippen molar-refractivity contribution in [1.82, 2.24) is 15.6 Å². The lowest BCUT2D eigenvalue weighted by Crippen LogP contribution is -2.37. The average molecular weight is 289 g/mol. The highest BCUT2D eigenvalue weighted by Crippen LogP contribution is 2.21. The molecule has 5 heteroatoms.